The molecule has 0 bridgehead atoms. The fourth-order valence-corrected chi connectivity index (χ4v) is 3.28. The molecular weight excluding hydrogens is 322 g/mol. The highest BCUT2D eigenvalue weighted by atomic mass is 16.6. The zero-order chi connectivity index (χ0) is 17.8. The van der Waals surface area contributed by atoms with Gasteiger partial charge < -0.3 is 19.5 Å². The lowest BCUT2D eigenvalue weighted by molar-refractivity contribution is -0.130. The molecular formula is C19H25NO5. The minimum absolute atomic E-state index is 0.164. The van der Waals surface area contributed by atoms with Gasteiger partial charge in [-0.05, 0) is 43.9 Å². The highest BCUT2D eigenvalue weighted by Crippen LogP contribution is 2.31. The van der Waals surface area contributed by atoms with Gasteiger partial charge in [0.2, 0.25) is 0 Å². The largest absolute Gasteiger partial charge is 0.486 e. The van der Waals surface area contributed by atoms with E-state index in [0.29, 0.717) is 36.2 Å². The van der Waals surface area contributed by atoms with Gasteiger partial charge in [0.1, 0.15) is 13.2 Å². The zero-order valence-electron chi connectivity index (χ0n) is 14.7. The molecule has 0 spiro atoms. The highest BCUT2D eigenvalue weighted by molar-refractivity contribution is 5.93. The fraction of sp³-hybridized carbons (Fsp3) is 0.579. The van der Waals surface area contributed by atoms with Crippen LogP contribution in [0.25, 0.3) is 0 Å². The van der Waals surface area contributed by atoms with E-state index in [2.05, 4.69) is 12.2 Å². The standard InChI is InChI=1S/C19H25NO5/c1-12-5-3-4-6-15(12)20-18(21)13(2)25-19(22)14-7-8-16-17(11-14)24-10-9-23-16/h7-8,11-13,15H,3-6,9-10H2,1-2H3,(H,20,21)/t12-,13+,15-/m1/s1. The van der Waals surface area contributed by atoms with Crippen molar-refractivity contribution in [1.29, 1.82) is 0 Å². The van der Waals surface area contributed by atoms with Gasteiger partial charge in [-0.3, -0.25) is 4.79 Å². The summed E-state index contributed by atoms with van der Waals surface area (Å²) in [6, 6.07) is 5.05. The number of nitrogens with one attached hydrogen (secondary N) is 1. The SMILES string of the molecule is C[C@H](OC(=O)c1ccc2c(c1)OCCO2)C(=O)N[C@@H]1CCCC[C@H]1C. The van der Waals surface area contributed by atoms with Crippen molar-refractivity contribution in [3.05, 3.63) is 23.8 Å². The molecule has 1 heterocycles. The zero-order valence-corrected chi connectivity index (χ0v) is 14.7. The van der Waals surface area contributed by atoms with Crippen LogP contribution in [0.5, 0.6) is 11.5 Å². The molecule has 1 aliphatic carbocycles. The summed E-state index contributed by atoms with van der Waals surface area (Å²) >= 11 is 0. The quantitative estimate of drug-likeness (QED) is 0.848. The minimum atomic E-state index is -0.838. The highest BCUT2D eigenvalue weighted by Gasteiger charge is 2.27. The van der Waals surface area contributed by atoms with E-state index < -0.39 is 12.1 Å². The molecule has 136 valence electrons. The summed E-state index contributed by atoms with van der Waals surface area (Å²) in [5.74, 6) is 0.799. The Hall–Kier alpha value is -2.24. The van der Waals surface area contributed by atoms with E-state index in [1.54, 1.807) is 25.1 Å². The van der Waals surface area contributed by atoms with Crippen LogP contribution in [0.2, 0.25) is 0 Å². The maximum Gasteiger partial charge on any atom is 0.339 e. The Kier molecular flexibility index (Phi) is 5.46. The molecule has 1 aliphatic heterocycles. The lowest BCUT2D eigenvalue weighted by atomic mass is 9.86. The summed E-state index contributed by atoms with van der Waals surface area (Å²) < 4.78 is 16.2. The Balaban J connectivity index is 1.57. The summed E-state index contributed by atoms with van der Waals surface area (Å²) in [7, 11) is 0. The van der Waals surface area contributed by atoms with Crippen LogP contribution in [0.15, 0.2) is 18.2 Å². The average Bonchev–Trinajstić information content (AvgIpc) is 2.63. The van der Waals surface area contributed by atoms with Gasteiger partial charge in [0.15, 0.2) is 17.6 Å². The number of rotatable bonds is 4. The molecule has 6 heteroatoms. The summed E-state index contributed by atoms with van der Waals surface area (Å²) in [6.07, 6.45) is 3.60. The molecule has 1 aromatic rings. The number of hydrogen-bond donors (Lipinski definition) is 1. The molecule has 1 aromatic carbocycles. The Labute approximate surface area is 147 Å². The van der Waals surface area contributed by atoms with Crippen molar-refractivity contribution >= 4 is 11.9 Å². The van der Waals surface area contributed by atoms with E-state index in [9.17, 15) is 9.59 Å². The molecule has 0 radical (unpaired) electrons. The molecule has 3 atom stereocenters. The molecule has 0 aromatic heterocycles. The third-order valence-electron chi connectivity index (χ3n) is 4.87. The van der Waals surface area contributed by atoms with Crippen molar-refractivity contribution < 1.29 is 23.8 Å². The first-order chi connectivity index (χ1) is 12.0. The summed E-state index contributed by atoms with van der Waals surface area (Å²) in [6.45, 7) is 4.69. The van der Waals surface area contributed by atoms with Crippen molar-refractivity contribution in [2.75, 3.05) is 13.2 Å². The van der Waals surface area contributed by atoms with Crippen molar-refractivity contribution in [2.24, 2.45) is 5.92 Å². The van der Waals surface area contributed by atoms with Crippen LogP contribution in [0, 0.1) is 5.92 Å². The Bertz CT molecular complexity index is 645. The maximum absolute atomic E-state index is 12.3. The summed E-state index contributed by atoms with van der Waals surface area (Å²) in [5.41, 5.74) is 0.343. The fourth-order valence-electron chi connectivity index (χ4n) is 3.28. The molecule has 25 heavy (non-hydrogen) atoms. The average molecular weight is 347 g/mol. The van der Waals surface area contributed by atoms with Gasteiger partial charge in [-0.25, -0.2) is 4.79 Å². The second-order valence-electron chi connectivity index (χ2n) is 6.78. The molecule has 3 rings (SSSR count). The lowest BCUT2D eigenvalue weighted by Crippen LogP contribution is -2.45. The number of carbonyl (C=O) groups is 2. The lowest BCUT2D eigenvalue weighted by Gasteiger charge is -2.30. The molecule has 1 amide bonds. The predicted octanol–water partition coefficient (Wildman–Crippen LogP) is 2.70. The first kappa shape index (κ1) is 17.6. The Morgan fingerprint density at radius 3 is 2.64 bits per heavy atom. The van der Waals surface area contributed by atoms with E-state index in [0.717, 1.165) is 19.3 Å². The van der Waals surface area contributed by atoms with Gasteiger partial charge in [-0.1, -0.05) is 19.8 Å². The number of fused-ring (bicyclic) bond motifs is 1. The van der Waals surface area contributed by atoms with Gasteiger partial charge in [0, 0.05) is 6.04 Å². The van der Waals surface area contributed by atoms with Crippen LogP contribution in [0.4, 0.5) is 0 Å². The molecule has 0 unspecified atom stereocenters. The van der Waals surface area contributed by atoms with Crippen LogP contribution in [-0.2, 0) is 9.53 Å². The normalized spacial score (nSPS) is 23.4. The van der Waals surface area contributed by atoms with Gasteiger partial charge >= 0.3 is 5.97 Å². The topological polar surface area (TPSA) is 73.9 Å². The maximum atomic E-state index is 12.3. The molecule has 1 fully saturated rings. The van der Waals surface area contributed by atoms with Crippen molar-refractivity contribution in [3.63, 3.8) is 0 Å². The van der Waals surface area contributed by atoms with E-state index in [1.165, 1.54) is 6.42 Å². The molecule has 2 aliphatic rings. The first-order valence-electron chi connectivity index (χ1n) is 8.95. The third-order valence-corrected chi connectivity index (χ3v) is 4.87. The van der Waals surface area contributed by atoms with Crippen molar-refractivity contribution in [3.8, 4) is 11.5 Å². The van der Waals surface area contributed by atoms with Crippen LogP contribution in [0.3, 0.4) is 0 Å². The number of carbonyl (C=O) groups excluding carboxylic acids is 2. The number of hydrogen-bond acceptors (Lipinski definition) is 5. The second-order valence-corrected chi connectivity index (χ2v) is 6.78. The van der Waals surface area contributed by atoms with Crippen LogP contribution in [0.1, 0.15) is 49.9 Å². The van der Waals surface area contributed by atoms with E-state index in [1.807, 2.05) is 0 Å². The number of esters is 1. The monoisotopic (exact) mass is 347 g/mol. The number of amides is 1. The Morgan fingerprint density at radius 2 is 1.88 bits per heavy atom. The van der Waals surface area contributed by atoms with Gasteiger partial charge in [-0.15, -0.1) is 0 Å². The molecule has 1 N–H and O–H groups in total. The molecule has 6 nitrogen and oxygen atoms in total. The van der Waals surface area contributed by atoms with Crippen LogP contribution in [-0.4, -0.2) is 37.2 Å². The molecule has 1 saturated carbocycles. The van der Waals surface area contributed by atoms with Crippen LogP contribution < -0.4 is 14.8 Å². The van der Waals surface area contributed by atoms with Crippen molar-refractivity contribution in [1.82, 2.24) is 5.32 Å². The number of ether oxygens (including phenoxy) is 3. The molecule has 0 saturated heterocycles. The van der Waals surface area contributed by atoms with E-state index in [-0.39, 0.29) is 11.9 Å². The summed E-state index contributed by atoms with van der Waals surface area (Å²) in [4.78, 5) is 24.6. The van der Waals surface area contributed by atoms with Gasteiger partial charge in [0.05, 0.1) is 5.56 Å². The number of benzene rings is 1. The predicted molar refractivity (Wildman–Crippen MR) is 91.9 cm³/mol. The minimum Gasteiger partial charge on any atom is -0.486 e. The van der Waals surface area contributed by atoms with Crippen molar-refractivity contribution in [2.45, 2.75) is 51.7 Å². The van der Waals surface area contributed by atoms with E-state index >= 15 is 0 Å². The van der Waals surface area contributed by atoms with E-state index in [4.69, 9.17) is 14.2 Å². The third kappa shape index (κ3) is 4.24. The van der Waals surface area contributed by atoms with Gasteiger partial charge in [0.25, 0.3) is 5.91 Å². The van der Waals surface area contributed by atoms with Crippen LogP contribution >= 0.6 is 0 Å². The summed E-state index contributed by atoms with van der Waals surface area (Å²) in [5, 5.41) is 3.01. The smallest absolute Gasteiger partial charge is 0.339 e. The second kappa shape index (κ2) is 7.76. The van der Waals surface area contributed by atoms with Gasteiger partial charge in [-0.2, -0.15) is 0 Å². The first-order valence-corrected chi connectivity index (χ1v) is 8.95. The Morgan fingerprint density at radius 1 is 1.16 bits per heavy atom.